The first-order valence-electron chi connectivity index (χ1n) is 6.25. The number of nitrogens with one attached hydrogen (secondary N) is 1. The molecule has 0 saturated carbocycles. The number of benzene rings is 2. The van der Waals surface area contributed by atoms with Gasteiger partial charge in [0.1, 0.15) is 5.75 Å². The van der Waals surface area contributed by atoms with Gasteiger partial charge in [0.15, 0.2) is 11.5 Å². The quantitative estimate of drug-likeness (QED) is 0.905. The zero-order valence-electron chi connectivity index (χ0n) is 10.9. The molecule has 3 rings (SSSR count). The molecule has 0 aliphatic carbocycles. The molecular formula is C15H14ClNO3. The van der Waals surface area contributed by atoms with E-state index in [1.165, 1.54) is 0 Å². The van der Waals surface area contributed by atoms with Gasteiger partial charge in [-0.25, -0.2) is 0 Å². The van der Waals surface area contributed by atoms with Crippen LogP contribution in [-0.4, -0.2) is 11.9 Å². The van der Waals surface area contributed by atoms with Crippen LogP contribution in [0.3, 0.4) is 0 Å². The summed E-state index contributed by atoms with van der Waals surface area (Å²) >= 11 is 5.98. The minimum atomic E-state index is 0.182. The zero-order valence-corrected chi connectivity index (χ0v) is 11.7. The molecule has 1 heterocycles. The van der Waals surface area contributed by atoms with Crippen molar-refractivity contribution in [3.63, 3.8) is 0 Å². The third-order valence-corrected chi connectivity index (χ3v) is 3.48. The van der Waals surface area contributed by atoms with E-state index >= 15 is 0 Å². The van der Waals surface area contributed by atoms with Crippen LogP contribution in [0.1, 0.15) is 11.1 Å². The molecule has 2 aromatic rings. The highest BCUT2D eigenvalue weighted by Crippen LogP contribution is 2.37. The number of anilines is 1. The normalized spacial score (nSPS) is 12.5. The van der Waals surface area contributed by atoms with Crippen molar-refractivity contribution in [2.45, 2.75) is 13.5 Å². The number of ether oxygens (including phenoxy) is 2. The topological polar surface area (TPSA) is 50.7 Å². The van der Waals surface area contributed by atoms with E-state index in [2.05, 4.69) is 5.32 Å². The Bertz CT molecular complexity index is 658. The van der Waals surface area contributed by atoms with Crippen LogP contribution in [0.15, 0.2) is 30.3 Å². The Hall–Kier alpha value is -2.07. The van der Waals surface area contributed by atoms with E-state index in [1.807, 2.05) is 25.1 Å². The van der Waals surface area contributed by atoms with Crippen LogP contribution >= 0.6 is 11.6 Å². The fourth-order valence-corrected chi connectivity index (χ4v) is 2.26. The molecule has 0 bridgehead atoms. The van der Waals surface area contributed by atoms with Crippen molar-refractivity contribution in [2.75, 3.05) is 12.1 Å². The van der Waals surface area contributed by atoms with E-state index in [-0.39, 0.29) is 12.5 Å². The van der Waals surface area contributed by atoms with E-state index in [4.69, 9.17) is 21.1 Å². The number of rotatable bonds is 3. The molecule has 1 aliphatic heterocycles. The molecule has 104 valence electrons. The van der Waals surface area contributed by atoms with Crippen LogP contribution < -0.4 is 14.8 Å². The van der Waals surface area contributed by atoms with Gasteiger partial charge in [0.2, 0.25) is 6.79 Å². The second-order valence-corrected chi connectivity index (χ2v) is 5.08. The number of fused-ring (bicyclic) bond motifs is 1. The van der Waals surface area contributed by atoms with Gasteiger partial charge in [-0.2, -0.15) is 0 Å². The molecule has 0 fully saturated rings. The lowest BCUT2D eigenvalue weighted by atomic mass is 10.1. The maximum absolute atomic E-state index is 9.97. The Morgan fingerprint density at radius 2 is 1.95 bits per heavy atom. The number of phenolic OH excluding ortho intramolecular Hbond substituents is 1. The largest absolute Gasteiger partial charge is 0.507 e. The Kier molecular flexibility index (Phi) is 3.32. The Morgan fingerprint density at radius 3 is 2.75 bits per heavy atom. The summed E-state index contributed by atoms with van der Waals surface area (Å²) in [7, 11) is 0. The summed E-state index contributed by atoms with van der Waals surface area (Å²) in [4.78, 5) is 0. The van der Waals surface area contributed by atoms with Crippen LogP contribution in [0.5, 0.6) is 17.2 Å². The van der Waals surface area contributed by atoms with Crippen molar-refractivity contribution < 1.29 is 14.6 Å². The van der Waals surface area contributed by atoms with Crippen LogP contribution in [-0.2, 0) is 6.54 Å². The molecule has 5 heteroatoms. The maximum atomic E-state index is 9.97. The summed E-state index contributed by atoms with van der Waals surface area (Å²) in [5.74, 6) is 1.41. The van der Waals surface area contributed by atoms with Crippen molar-refractivity contribution in [2.24, 2.45) is 0 Å². The average Bonchev–Trinajstić information content (AvgIpc) is 2.86. The van der Waals surface area contributed by atoms with E-state index in [0.29, 0.717) is 23.1 Å². The summed E-state index contributed by atoms with van der Waals surface area (Å²) in [5.41, 5.74) is 2.78. The average molecular weight is 292 g/mol. The third-order valence-electron chi connectivity index (χ3n) is 3.24. The number of aromatic hydroxyl groups is 1. The third kappa shape index (κ3) is 2.47. The lowest BCUT2D eigenvalue weighted by molar-refractivity contribution is 0.174. The Labute approximate surface area is 121 Å². The highest BCUT2D eigenvalue weighted by atomic mass is 35.5. The molecule has 2 N–H and O–H groups in total. The van der Waals surface area contributed by atoms with Crippen LogP contribution in [0.4, 0.5) is 5.69 Å². The molecule has 2 aromatic carbocycles. The minimum Gasteiger partial charge on any atom is -0.507 e. The summed E-state index contributed by atoms with van der Waals surface area (Å²) in [6.07, 6.45) is 0. The van der Waals surface area contributed by atoms with E-state index in [0.717, 1.165) is 16.8 Å². The first-order valence-corrected chi connectivity index (χ1v) is 6.63. The lowest BCUT2D eigenvalue weighted by Crippen LogP contribution is -2.01. The van der Waals surface area contributed by atoms with E-state index in [1.54, 1.807) is 12.1 Å². The van der Waals surface area contributed by atoms with Crippen LogP contribution in [0.2, 0.25) is 5.02 Å². The molecule has 0 amide bonds. The van der Waals surface area contributed by atoms with Gasteiger partial charge in [-0.05, 0) is 30.7 Å². The van der Waals surface area contributed by atoms with Gasteiger partial charge in [0, 0.05) is 28.9 Å². The van der Waals surface area contributed by atoms with Crippen molar-refractivity contribution in [3.05, 3.63) is 46.5 Å². The standard InChI is InChI=1S/C15H14ClNO3/c1-9-2-3-11(16)5-12(9)17-7-10-4-14-15(6-13(10)18)20-8-19-14/h2-6,17-18H,7-8H2,1H3. The molecule has 1 aliphatic rings. The smallest absolute Gasteiger partial charge is 0.231 e. The SMILES string of the molecule is Cc1ccc(Cl)cc1NCc1cc2c(cc1O)OCO2. The molecule has 0 radical (unpaired) electrons. The Balaban J connectivity index is 1.80. The molecule has 0 aromatic heterocycles. The minimum absolute atomic E-state index is 0.182. The van der Waals surface area contributed by atoms with Gasteiger partial charge >= 0.3 is 0 Å². The van der Waals surface area contributed by atoms with Crippen LogP contribution in [0, 0.1) is 6.92 Å². The zero-order chi connectivity index (χ0) is 14.1. The van der Waals surface area contributed by atoms with Gasteiger partial charge in [-0.1, -0.05) is 17.7 Å². The molecular weight excluding hydrogens is 278 g/mol. The monoisotopic (exact) mass is 291 g/mol. The highest BCUT2D eigenvalue weighted by Gasteiger charge is 2.16. The molecule has 0 saturated heterocycles. The predicted molar refractivity (Wildman–Crippen MR) is 77.7 cm³/mol. The predicted octanol–water partition coefficient (Wildman–Crippen LogP) is 3.69. The van der Waals surface area contributed by atoms with Crippen molar-refractivity contribution in [1.82, 2.24) is 0 Å². The van der Waals surface area contributed by atoms with Crippen molar-refractivity contribution in [3.8, 4) is 17.2 Å². The van der Waals surface area contributed by atoms with Crippen molar-refractivity contribution in [1.29, 1.82) is 0 Å². The maximum Gasteiger partial charge on any atom is 0.231 e. The molecule has 0 spiro atoms. The fourth-order valence-electron chi connectivity index (χ4n) is 2.09. The van der Waals surface area contributed by atoms with E-state index < -0.39 is 0 Å². The Morgan fingerprint density at radius 1 is 1.20 bits per heavy atom. The fraction of sp³-hybridized carbons (Fsp3) is 0.200. The summed E-state index contributed by atoms with van der Waals surface area (Å²) < 4.78 is 10.5. The first-order chi connectivity index (χ1) is 9.63. The van der Waals surface area contributed by atoms with Crippen LogP contribution in [0.25, 0.3) is 0 Å². The highest BCUT2D eigenvalue weighted by molar-refractivity contribution is 6.30. The summed E-state index contributed by atoms with van der Waals surface area (Å²) in [6, 6.07) is 9.01. The first kappa shape index (κ1) is 12.9. The van der Waals surface area contributed by atoms with Gasteiger partial charge in [-0.15, -0.1) is 0 Å². The molecule has 20 heavy (non-hydrogen) atoms. The van der Waals surface area contributed by atoms with Gasteiger partial charge in [-0.3, -0.25) is 0 Å². The summed E-state index contributed by atoms with van der Waals surface area (Å²) in [6.45, 7) is 2.67. The summed E-state index contributed by atoms with van der Waals surface area (Å²) in [5, 5.41) is 13.9. The molecule has 0 unspecified atom stereocenters. The number of phenols is 1. The van der Waals surface area contributed by atoms with Gasteiger partial charge < -0.3 is 19.9 Å². The van der Waals surface area contributed by atoms with Gasteiger partial charge in [0.05, 0.1) is 0 Å². The number of hydrogen-bond donors (Lipinski definition) is 2. The second kappa shape index (κ2) is 5.13. The molecule has 4 nitrogen and oxygen atoms in total. The second-order valence-electron chi connectivity index (χ2n) is 4.65. The van der Waals surface area contributed by atoms with E-state index in [9.17, 15) is 5.11 Å². The molecule has 0 atom stereocenters. The number of halogens is 1. The van der Waals surface area contributed by atoms with Crippen molar-refractivity contribution >= 4 is 17.3 Å². The number of aryl methyl sites for hydroxylation is 1. The van der Waals surface area contributed by atoms with Gasteiger partial charge in [0.25, 0.3) is 0 Å². The number of hydrogen-bond acceptors (Lipinski definition) is 4. The lowest BCUT2D eigenvalue weighted by Gasteiger charge is -2.11.